The molecule has 0 aromatic carbocycles. The molecule has 0 unspecified atom stereocenters. The van der Waals surface area contributed by atoms with E-state index in [0.717, 1.165) is 0 Å². The second-order valence-corrected chi connectivity index (χ2v) is 3.89. The Hall–Kier alpha value is 0.0400. The molecule has 0 fully saturated rings. The van der Waals surface area contributed by atoms with Gasteiger partial charge in [0.1, 0.15) is 11.7 Å². The maximum Gasteiger partial charge on any atom is 0.130 e. The average molecular weight is 300 g/mol. The Morgan fingerprint density at radius 1 is 1.42 bits per heavy atom. The molecule has 0 saturated heterocycles. The van der Waals surface area contributed by atoms with Crippen molar-refractivity contribution in [3.63, 3.8) is 0 Å². The third kappa shape index (κ3) is 2.26. The minimum atomic E-state index is -0.523. The fraction of sp³-hybridized carbons (Fsp3) is 0.250. The van der Waals surface area contributed by atoms with Crippen LogP contribution in [0.15, 0.2) is 33.9 Å². The second-order valence-electron chi connectivity index (χ2n) is 2.31. The molecular weight excluding hydrogens is 294 g/mol. The second kappa shape index (κ2) is 4.33. The largest absolute Gasteiger partial charge is 0.207 e. The number of alkyl halides is 1. The molecule has 0 spiro atoms. The van der Waals surface area contributed by atoms with Crippen molar-refractivity contribution in [2.45, 2.75) is 6.42 Å². The first kappa shape index (κ1) is 10.1. The summed E-state index contributed by atoms with van der Waals surface area (Å²) in [7, 11) is 0. The summed E-state index contributed by atoms with van der Waals surface area (Å²) in [6.45, 7) is 0. The number of rotatable bonds is 1. The van der Waals surface area contributed by atoms with Crippen LogP contribution >= 0.6 is 31.9 Å². The summed E-state index contributed by atoms with van der Waals surface area (Å²) in [6.07, 6.45) is 3.04. The molecule has 0 aliphatic heterocycles. The standard InChI is InChI=1S/C8H6Br2F2/c9-4-6-7(11)2-1-5(10)3-8(6)12/h2-3H,1,4H2. The Labute approximate surface area is 86.3 Å². The smallest absolute Gasteiger partial charge is 0.130 e. The number of hydrogen-bond donors (Lipinski definition) is 0. The van der Waals surface area contributed by atoms with Crippen LogP contribution in [0.5, 0.6) is 0 Å². The van der Waals surface area contributed by atoms with Crippen molar-refractivity contribution in [3.05, 3.63) is 33.9 Å². The molecular formula is C8H6Br2F2. The van der Waals surface area contributed by atoms with Crippen molar-refractivity contribution in [3.8, 4) is 0 Å². The lowest BCUT2D eigenvalue weighted by atomic mass is 10.2. The summed E-state index contributed by atoms with van der Waals surface area (Å²) in [5, 5.41) is 0.192. The molecule has 1 aliphatic carbocycles. The number of halogens is 4. The van der Waals surface area contributed by atoms with Crippen molar-refractivity contribution >= 4 is 31.9 Å². The Kier molecular flexibility index (Phi) is 3.65. The summed E-state index contributed by atoms with van der Waals surface area (Å²) in [5.41, 5.74) is 0.0736. The van der Waals surface area contributed by atoms with Gasteiger partial charge >= 0.3 is 0 Å². The quantitative estimate of drug-likeness (QED) is 0.638. The van der Waals surface area contributed by atoms with Crippen molar-refractivity contribution in [1.82, 2.24) is 0 Å². The van der Waals surface area contributed by atoms with Crippen LogP contribution in [-0.4, -0.2) is 5.33 Å². The zero-order valence-corrected chi connectivity index (χ0v) is 9.25. The lowest BCUT2D eigenvalue weighted by molar-refractivity contribution is 0.613. The summed E-state index contributed by atoms with van der Waals surface area (Å²) < 4.78 is 26.7. The summed E-state index contributed by atoms with van der Waals surface area (Å²) in [5.74, 6) is -1.01. The molecule has 0 heterocycles. The van der Waals surface area contributed by atoms with E-state index in [1.165, 1.54) is 12.2 Å². The van der Waals surface area contributed by atoms with Gasteiger partial charge in [-0.3, -0.25) is 0 Å². The maximum absolute atomic E-state index is 13.1. The van der Waals surface area contributed by atoms with Gasteiger partial charge in [0.25, 0.3) is 0 Å². The first-order chi connectivity index (χ1) is 5.65. The topological polar surface area (TPSA) is 0 Å². The normalized spacial score (nSPS) is 18.7. The van der Waals surface area contributed by atoms with E-state index in [-0.39, 0.29) is 10.9 Å². The van der Waals surface area contributed by atoms with Crippen LogP contribution in [-0.2, 0) is 0 Å². The zero-order chi connectivity index (χ0) is 9.14. The zero-order valence-electron chi connectivity index (χ0n) is 6.08. The number of allylic oxidation sites excluding steroid dienone is 6. The van der Waals surface area contributed by atoms with Crippen molar-refractivity contribution in [1.29, 1.82) is 0 Å². The van der Waals surface area contributed by atoms with E-state index in [4.69, 9.17) is 0 Å². The van der Waals surface area contributed by atoms with Gasteiger partial charge in [0, 0.05) is 21.8 Å². The van der Waals surface area contributed by atoms with E-state index in [0.29, 0.717) is 10.9 Å². The lowest BCUT2D eigenvalue weighted by Crippen LogP contribution is -1.87. The third-order valence-corrected chi connectivity index (χ3v) is 2.58. The van der Waals surface area contributed by atoms with Crippen LogP contribution in [0, 0.1) is 0 Å². The molecule has 0 nitrogen and oxygen atoms in total. The third-order valence-electron chi connectivity index (χ3n) is 1.47. The minimum Gasteiger partial charge on any atom is -0.207 e. The van der Waals surface area contributed by atoms with E-state index in [9.17, 15) is 8.78 Å². The Morgan fingerprint density at radius 3 is 2.67 bits per heavy atom. The summed E-state index contributed by atoms with van der Waals surface area (Å²) >= 11 is 6.15. The molecule has 4 heteroatoms. The van der Waals surface area contributed by atoms with Gasteiger partial charge in [-0.2, -0.15) is 0 Å². The Balaban J connectivity index is 3.09. The number of hydrogen-bond acceptors (Lipinski definition) is 0. The predicted molar refractivity (Wildman–Crippen MR) is 52.7 cm³/mol. The Morgan fingerprint density at radius 2 is 2.08 bits per heavy atom. The first-order valence-corrected chi connectivity index (χ1v) is 5.23. The molecule has 0 saturated carbocycles. The SMILES string of the molecule is FC1=CCC(Br)=CC(F)=C1CBr. The molecule has 0 radical (unpaired) electrons. The van der Waals surface area contributed by atoms with Gasteiger partial charge in [-0.1, -0.05) is 31.9 Å². The predicted octanol–water partition coefficient (Wildman–Crippen LogP) is 4.14. The van der Waals surface area contributed by atoms with Crippen molar-refractivity contribution < 1.29 is 8.78 Å². The highest BCUT2D eigenvalue weighted by molar-refractivity contribution is 9.11. The highest BCUT2D eigenvalue weighted by Gasteiger charge is 2.12. The first-order valence-electron chi connectivity index (χ1n) is 3.32. The van der Waals surface area contributed by atoms with E-state index >= 15 is 0 Å². The van der Waals surface area contributed by atoms with Crippen molar-refractivity contribution in [2.75, 3.05) is 5.33 Å². The van der Waals surface area contributed by atoms with Gasteiger partial charge in [-0.15, -0.1) is 0 Å². The minimum absolute atomic E-state index is 0.0736. The molecule has 0 aromatic rings. The molecule has 1 aliphatic rings. The molecule has 0 N–H and O–H groups in total. The van der Waals surface area contributed by atoms with Gasteiger partial charge in [0.15, 0.2) is 0 Å². The van der Waals surface area contributed by atoms with Gasteiger partial charge in [-0.25, -0.2) is 8.78 Å². The molecule has 0 bridgehead atoms. The average Bonchev–Trinajstić information content (AvgIpc) is 2.12. The monoisotopic (exact) mass is 298 g/mol. The highest BCUT2D eigenvalue weighted by Crippen LogP contribution is 2.28. The molecule has 0 amide bonds. The van der Waals surface area contributed by atoms with Crippen LogP contribution in [0.25, 0.3) is 0 Å². The van der Waals surface area contributed by atoms with Gasteiger partial charge < -0.3 is 0 Å². The van der Waals surface area contributed by atoms with E-state index < -0.39 is 11.7 Å². The van der Waals surface area contributed by atoms with E-state index in [1.807, 2.05) is 0 Å². The lowest BCUT2D eigenvalue weighted by Gasteiger charge is -1.97. The van der Waals surface area contributed by atoms with E-state index in [1.54, 1.807) is 0 Å². The van der Waals surface area contributed by atoms with Crippen LogP contribution in [0.1, 0.15) is 6.42 Å². The van der Waals surface area contributed by atoms with Gasteiger partial charge in [0.2, 0.25) is 0 Å². The molecule has 0 atom stereocenters. The summed E-state index contributed by atoms with van der Waals surface area (Å²) in [6, 6.07) is 0. The molecule has 12 heavy (non-hydrogen) atoms. The fourth-order valence-electron chi connectivity index (χ4n) is 0.836. The Bertz CT molecular complexity index is 277. The van der Waals surface area contributed by atoms with Crippen LogP contribution in [0.4, 0.5) is 8.78 Å². The molecule has 1 rings (SSSR count). The van der Waals surface area contributed by atoms with E-state index in [2.05, 4.69) is 31.9 Å². The van der Waals surface area contributed by atoms with Crippen LogP contribution < -0.4 is 0 Å². The van der Waals surface area contributed by atoms with Crippen LogP contribution in [0.2, 0.25) is 0 Å². The van der Waals surface area contributed by atoms with Crippen LogP contribution in [0.3, 0.4) is 0 Å². The highest BCUT2D eigenvalue weighted by atomic mass is 79.9. The van der Waals surface area contributed by atoms with Crippen molar-refractivity contribution in [2.24, 2.45) is 0 Å². The molecule has 0 aromatic heterocycles. The molecule has 66 valence electrons. The maximum atomic E-state index is 13.1. The van der Waals surface area contributed by atoms with Gasteiger partial charge in [0.05, 0.1) is 0 Å². The fourth-order valence-corrected chi connectivity index (χ4v) is 1.73. The summed E-state index contributed by atoms with van der Waals surface area (Å²) in [4.78, 5) is 0. The van der Waals surface area contributed by atoms with Gasteiger partial charge in [-0.05, 0) is 12.2 Å².